The van der Waals surface area contributed by atoms with Crippen LogP contribution in [0.25, 0.3) is 0 Å². The molecule has 1 aliphatic heterocycles. The van der Waals surface area contributed by atoms with Gasteiger partial charge in [0.1, 0.15) is 0 Å². The molecule has 0 aliphatic carbocycles. The number of hydrogen-bond donors (Lipinski definition) is 2. The SMILES string of the molecule is Cc1nc(NC(=O)CCNC(=O)[C@H]2CC(=O)N(c3ccccc3)C2)sc1C. The van der Waals surface area contributed by atoms with Crippen LogP contribution in [-0.4, -0.2) is 35.8 Å². The maximum Gasteiger partial charge on any atom is 0.227 e. The molecule has 1 aliphatic rings. The summed E-state index contributed by atoms with van der Waals surface area (Å²) in [5.74, 6) is -0.855. The first-order valence-electron chi connectivity index (χ1n) is 8.81. The first-order chi connectivity index (χ1) is 12.9. The van der Waals surface area contributed by atoms with Crippen molar-refractivity contribution in [1.29, 1.82) is 0 Å². The third kappa shape index (κ3) is 4.71. The van der Waals surface area contributed by atoms with Gasteiger partial charge in [-0.05, 0) is 26.0 Å². The molecule has 2 N–H and O–H groups in total. The summed E-state index contributed by atoms with van der Waals surface area (Å²) in [6.07, 6.45) is 0.344. The molecule has 1 fully saturated rings. The molecule has 1 aromatic heterocycles. The van der Waals surface area contributed by atoms with Gasteiger partial charge in [0.05, 0.1) is 11.6 Å². The van der Waals surface area contributed by atoms with Crippen LogP contribution in [0, 0.1) is 19.8 Å². The summed E-state index contributed by atoms with van der Waals surface area (Å²) in [5, 5.41) is 6.06. The summed E-state index contributed by atoms with van der Waals surface area (Å²) in [5.41, 5.74) is 1.70. The fourth-order valence-corrected chi connectivity index (χ4v) is 3.72. The standard InChI is InChI=1S/C19H22N4O3S/c1-12-13(2)27-19(21-12)22-16(24)8-9-20-18(26)14-10-17(25)23(11-14)15-6-4-3-5-7-15/h3-7,14H,8-11H2,1-2H3,(H,20,26)(H,21,22,24)/t14-/m0/s1. The van der Waals surface area contributed by atoms with Crippen molar-refractivity contribution in [2.75, 3.05) is 23.3 Å². The zero-order valence-electron chi connectivity index (χ0n) is 15.3. The Labute approximate surface area is 161 Å². The van der Waals surface area contributed by atoms with Crippen LogP contribution >= 0.6 is 11.3 Å². The zero-order chi connectivity index (χ0) is 19.4. The highest BCUT2D eigenvalue weighted by Gasteiger charge is 2.34. The second kappa shape index (κ2) is 8.30. The van der Waals surface area contributed by atoms with Gasteiger partial charge >= 0.3 is 0 Å². The zero-order valence-corrected chi connectivity index (χ0v) is 16.1. The Morgan fingerprint density at radius 1 is 1.26 bits per heavy atom. The Bertz CT molecular complexity index is 830. The molecule has 0 unspecified atom stereocenters. The Morgan fingerprint density at radius 3 is 2.67 bits per heavy atom. The molecule has 2 aromatic rings. The maximum absolute atomic E-state index is 12.3. The van der Waals surface area contributed by atoms with Crippen molar-refractivity contribution in [3.05, 3.63) is 40.9 Å². The molecule has 7 nitrogen and oxygen atoms in total. The van der Waals surface area contributed by atoms with Crippen LogP contribution < -0.4 is 15.5 Å². The molecule has 0 spiro atoms. The summed E-state index contributed by atoms with van der Waals surface area (Å²) < 4.78 is 0. The summed E-state index contributed by atoms with van der Waals surface area (Å²) >= 11 is 1.43. The van der Waals surface area contributed by atoms with Gasteiger partial charge in [0.2, 0.25) is 17.7 Å². The van der Waals surface area contributed by atoms with E-state index in [1.54, 1.807) is 4.90 Å². The van der Waals surface area contributed by atoms with Crippen LogP contribution in [0.5, 0.6) is 0 Å². The lowest BCUT2D eigenvalue weighted by molar-refractivity contribution is -0.126. The molecule has 1 aromatic carbocycles. The molecular formula is C19H22N4O3S. The fourth-order valence-electron chi connectivity index (χ4n) is 2.89. The second-order valence-corrected chi connectivity index (χ2v) is 7.69. The molecule has 2 heterocycles. The predicted molar refractivity (Wildman–Crippen MR) is 105 cm³/mol. The molecule has 1 saturated heterocycles. The molecule has 0 bridgehead atoms. The number of rotatable bonds is 6. The van der Waals surface area contributed by atoms with Crippen molar-refractivity contribution in [1.82, 2.24) is 10.3 Å². The van der Waals surface area contributed by atoms with Crippen molar-refractivity contribution in [2.45, 2.75) is 26.7 Å². The monoisotopic (exact) mass is 386 g/mol. The number of nitrogens with zero attached hydrogens (tertiary/aromatic N) is 2. The number of thiazole rings is 1. The minimum atomic E-state index is -0.398. The second-order valence-electron chi connectivity index (χ2n) is 6.49. The van der Waals surface area contributed by atoms with E-state index in [9.17, 15) is 14.4 Å². The van der Waals surface area contributed by atoms with Gasteiger partial charge in [-0.3, -0.25) is 14.4 Å². The van der Waals surface area contributed by atoms with E-state index in [1.165, 1.54) is 11.3 Å². The van der Waals surface area contributed by atoms with E-state index in [1.807, 2.05) is 44.2 Å². The van der Waals surface area contributed by atoms with Gasteiger partial charge < -0.3 is 15.5 Å². The minimum Gasteiger partial charge on any atom is -0.355 e. The van der Waals surface area contributed by atoms with E-state index in [0.717, 1.165) is 16.3 Å². The van der Waals surface area contributed by atoms with E-state index >= 15 is 0 Å². The lowest BCUT2D eigenvalue weighted by Gasteiger charge is -2.16. The number of aromatic nitrogens is 1. The highest BCUT2D eigenvalue weighted by atomic mass is 32.1. The van der Waals surface area contributed by atoms with Gasteiger partial charge in [-0.2, -0.15) is 0 Å². The molecule has 8 heteroatoms. The normalized spacial score (nSPS) is 16.4. The Kier molecular flexibility index (Phi) is 5.85. The van der Waals surface area contributed by atoms with Gasteiger partial charge in [-0.1, -0.05) is 18.2 Å². The molecular weight excluding hydrogens is 364 g/mol. The summed E-state index contributed by atoms with van der Waals surface area (Å²) in [6, 6.07) is 9.31. The fraction of sp³-hybridized carbons (Fsp3) is 0.368. The van der Waals surface area contributed by atoms with Crippen LogP contribution in [0.15, 0.2) is 30.3 Å². The van der Waals surface area contributed by atoms with Crippen molar-refractivity contribution >= 4 is 39.9 Å². The molecule has 1 atom stereocenters. The van der Waals surface area contributed by atoms with Gasteiger partial charge in [0, 0.05) is 36.5 Å². The van der Waals surface area contributed by atoms with Gasteiger partial charge in [-0.15, -0.1) is 11.3 Å². The lowest BCUT2D eigenvalue weighted by Crippen LogP contribution is -2.34. The van der Waals surface area contributed by atoms with Crippen molar-refractivity contribution in [3.63, 3.8) is 0 Å². The lowest BCUT2D eigenvalue weighted by atomic mass is 10.1. The van der Waals surface area contributed by atoms with Crippen LogP contribution in [0.1, 0.15) is 23.4 Å². The number of benzene rings is 1. The Morgan fingerprint density at radius 2 is 2.00 bits per heavy atom. The van der Waals surface area contributed by atoms with Crippen molar-refractivity contribution < 1.29 is 14.4 Å². The van der Waals surface area contributed by atoms with E-state index in [4.69, 9.17) is 0 Å². The van der Waals surface area contributed by atoms with Crippen LogP contribution in [0.3, 0.4) is 0 Å². The number of hydrogen-bond acceptors (Lipinski definition) is 5. The number of anilines is 2. The quantitative estimate of drug-likeness (QED) is 0.797. The Balaban J connectivity index is 1.44. The average Bonchev–Trinajstić information content (AvgIpc) is 3.18. The van der Waals surface area contributed by atoms with E-state index < -0.39 is 5.92 Å². The van der Waals surface area contributed by atoms with Crippen molar-refractivity contribution in [2.24, 2.45) is 5.92 Å². The van der Waals surface area contributed by atoms with E-state index in [-0.39, 0.29) is 37.1 Å². The van der Waals surface area contributed by atoms with Crippen LogP contribution in [0.4, 0.5) is 10.8 Å². The number of amides is 3. The summed E-state index contributed by atoms with van der Waals surface area (Å²) in [7, 11) is 0. The number of carbonyl (C=O) groups excluding carboxylic acids is 3. The smallest absolute Gasteiger partial charge is 0.227 e. The number of para-hydroxylation sites is 1. The van der Waals surface area contributed by atoms with Gasteiger partial charge in [-0.25, -0.2) is 4.98 Å². The molecule has 27 heavy (non-hydrogen) atoms. The molecule has 142 valence electrons. The van der Waals surface area contributed by atoms with Crippen LogP contribution in [0.2, 0.25) is 0 Å². The molecule has 0 saturated carbocycles. The van der Waals surface area contributed by atoms with Gasteiger partial charge in [0.25, 0.3) is 0 Å². The average molecular weight is 386 g/mol. The highest BCUT2D eigenvalue weighted by Crippen LogP contribution is 2.25. The summed E-state index contributed by atoms with van der Waals surface area (Å²) in [4.78, 5) is 43.4. The topological polar surface area (TPSA) is 91.4 Å². The highest BCUT2D eigenvalue weighted by molar-refractivity contribution is 7.15. The van der Waals surface area contributed by atoms with E-state index in [0.29, 0.717) is 11.7 Å². The summed E-state index contributed by atoms with van der Waals surface area (Å²) in [6.45, 7) is 4.43. The molecule has 3 amide bonds. The molecule has 0 radical (unpaired) electrons. The molecule has 3 rings (SSSR count). The maximum atomic E-state index is 12.3. The first-order valence-corrected chi connectivity index (χ1v) is 9.62. The largest absolute Gasteiger partial charge is 0.355 e. The minimum absolute atomic E-state index is 0.0615. The van der Waals surface area contributed by atoms with Gasteiger partial charge in [0.15, 0.2) is 5.13 Å². The van der Waals surface area contributed by atoms with Crippen LogP contribution in [-0.2, 0) is 14.4 Å². The van der Waals surface area contributed by atoms with Crippen molar-refractivity contribution in [3.8, 4) is 0 Å². The Hall–Kier alpha value is -2.74. The number of nitrogens with one attached hydrogen (secondary N) is 2. The number of aryl methyl sites for hydroxylation is 2. The van der Waals surface area contributed by atoms with E-state index in [2.05, 4.69) is 15.6 Å². The third-order valence-corrected chi connectivity index (χ3v) is 5.48. The first kappa shape index (κ1) is 19.0. The number of carbonyl (C=O) groups is 3. The third-order valence-electron chi connectivity index (χ3n) is 4.49. The predicted octanol–water partition coefficient (Wildman–Crippen LogP) is 2.26.